The number of fused-ring (bicyclic) bond motifs is 1. The molecule has 8 heteroatoms. The number of pyridine rings is 1. The van der Waals surface area contributed by atoms with Crippen LogP contribution in [-0.2, 0) is 18.4 Å². The molecule has 0 bridgehead atoms. The van der Waals surface area contributed by atoms with Crippen molar-refractivity contribution in [1.29, 1.82) is 0 Å². The van der Waals surface area contributed by atoms with E-state index in [1.807, 2.05) is 38.1 Å². The van der Waals surface area contributed by atoms with Crippen molar-refractivity contribution in [2.45, 2.75) is 38.7 Å². The average molecular weight is 470 g/mol. The predicted molar refractivity (Wildman–Crippen MR) is 126 cm³/mol. The summed E-state index contributed by atoms with van der Waals surface area (Å²) < 4.78 is 34.0. The molecule has 0 saturated heterocycles. The molecular formula is C25H26FNO5P+. The third kappa shape index (κ3) is 5.88. The number of aromatic nitrogens is 1. The molecule has 1 N–H and O–H groups in total. The van der Waals surface area contributed by atoms with Gasteiger partial charge in [-0.1, -0.05) is 50.8 Å². The Labute approximate surface area is 193 Å². The van der Waals surface area contributed by atoms with Gasteiger partial charge in [-0.25, -0.2) is 9.18 Å². The smallest absolute Gasteiger partial charge is 0.392 e. The van der Waals surface area contributed by atoms with Gasteiger partial charge in [0.1, 0.15) is 5.82 Å². The summed E-state index contributed by atoms with van der Waals surface area (Å²) in [5.41, 5.74) is 4.55. The largest absolute Gasteiger partial charge is 0.752 e. The van der Waals surface area contributed by atoms with E-state index in [1.165, 1.54) is 12.1 Å². The second-order valence-electron chi connectivity index (χ2n) is 7.96. The lowest BCUT2D eigenvalue weighted by Crippen LogP contribution is -2.15. The quantitative estimate of drug-likeness (QED) is 0.377. The number of aliphatic hydroxyl groups excluding tert-OH is 1. The summed E-state index contributed by atoms with van der Waals surface area (Å²) in [7, 11) is -1.40. The first-order chi connectivity index (χ1) is 15.7. The molecule has 0 fully saturated rings. The van der Waals surface area contributed by atoms with Crippen molar-refractivity contribution >= 4 is 30.7 Å². The van der Waals surface area contributed by atoms with Crippen molar-refractivity contribution in [3.63, 3.8) is 0 Å². The minimum Gasteiger partial charge on any atom is -0.392 e. The molecule has 0 aliphatic rings. The van der Waals surface area contributed by atoms with Crippen LogP contribution < -0.4 is 0 Å². The Kier molecular flexibility index (Phi) is 8.03. The van der Waals surface area contributed by atoms with Crippen LogP contribution >= 0.6 is 8.25 Å². The van der Waals surface area contributed by atoms with E-state index >= 15 is 0 Å². The van der Waals surface area contributed by atoms with Gasteiger partial charge < -0.3 is 5.11 Å². The summed E-state index contributed by atoms with van der Waals surface area (Å²) in [6, 6.07) is 13.9. The molecule has 3 aromatic rings. The fourth-order valence-electron chi connectivity index (χ4n) is 3.73. The molecule has 172 valence electrons. The highest BCUT2D eigenvalue weighted by molar-refractivity contribution is 7.34. The van der Waals surface area contributed by atoms with Gasteiger partial charge in [0.25, 0.3) is 0 Å². The van der Waals surface area contributed by atoms with E-state index < -0.39 is 20.3 Å². The number of carbonyl (C=O) groups is 1. The van der Waals surface area contributed by atoms with Gasteiger partial charge in [-0.05, 0) is 41.7 Å². The van der Waals surface area contributed by atoms with E-state index in [0.29, 0.717) is 5.57 Å². The van der Waals surface area contributed by atoms with Crippen molar-refractivity contribution in [3.05, 3.63) is 72.2 Å². The van der Waals surface area contributed by atoms with Crippen molar-refractivity contribution < 1.29 is 27.9 Å². The Morgan fingerprint density at radius 1 is 1.15 bits per heavy atom. The fraction of sp³-hybridized carbons (Fsp3) is 0.280. The summed E-state index contributed by atoms with van der Waals surface area (Å²) in [5, 5.41) is 11.4. The van der Waals surface area contributed by atoms with Crippen LogP contribution in [0.25, 0.3) is 27.6 Å². The number of carbonyl (C=O) groups excluding carboxylic acids is 1. The Hall–Kier alpha value is -2.99. The Morgan fingerprint density at radius 2 is 1.82 bits per heavy atom. The van der Waals surface area contributed by atoms with Crippen LogP contribution in [0.2, 0.25) is 0 Å². The SMILES string of the molecule is C=C(CC(O)CC(=O)O[P+](=O)OC)c1c(C(C)C)nc2ccccc2c1-c1ccc(F)cc1. The summed E-state index contributed by atoms with van der Waals surface area (Å²) in [6.07, 6.45) is -1.42. The molecule has 6 nitrogen and oxygen atoms in total. The monoisotopic (exact) mass is 470 g/mol. The molecular weight excluding hydrogens is 444 g/mol. The molecule has 0 aliphatic carbocycles. The van der Waals surface area contributed by atoms with Gasteiger partial charge in [-0.3, -0.25) is 4.98 Å². The predicted octanol–water partition coefficient (Wildman–Crippen LogP) is 6.17. The minimum atomic E-state index is -2.56. The fourth-order valence-corrected chi connectivity index (χ4v) is 4.05. The van der Waals surface area contributed by atoms with Crippen LogP contribution in [0.3, 0.4) is 0 Å². The van der Waals surface area contributed by atoms with Crippen LogP contribution in [-0.4, -0.2) is 29.3 Å². The molecule has 1 aromatic heterocycles. The summed E-state index contributed by atoms with van der Waals surface area (Å²) in [5.74, 6) is -1.14. The lowest BCUT2D eigenvalue weighted by molar-refractivity contribution is -0.136. The van der Waals surface area contributed by atoms with Crippen LogP contribution in [0.1, 0.15) is 43.9 Å². The molecule has 0 radical (unpaired) electrons. The van der Waals surface area contributed by atoms with Gasteiger partial charge >= 0.3 is 14.2 Å². The van der Waals surface area contributed by atoms with Gasteiger partial charge in [0.15, 0.2) is 0 Å². The minimum absolute atomic E-state index is 0.0355. The third-order valence-electron chi connectivity index (χ3n) is 5.16. The van der Waals surface area contributed by atoms with E-state index in [-0.39, 0.29) is 24.6 Å². The standard InChI is InChI=1S/C25H26FNO5P/c1-15(2)25-23(16(3)13-19(28)14-22(29)32-33(30)31-4)24(17-9-11-18(26)12-10-17)20-7-5-6-8-21(20)27-25/h5-12,15,19,28H,3,13-14H2,1-2,4H3/q+1. The molecule has 3 rings (SSSR count). The molecule has 0 aliphatic heterocycles. The lowest BCUT2D eigenvalue weighted by Gasteiger charge is -2.22. The number of benzene rings is 2. The maximum atomic E-state index is 13.7. The summed E-state index contributed by atoms with van der Waals surface area (Å²) in [4.78, 5) is 16.7. The number of hydrogen-bond acceptors (Lipinski definition) is 6. The van der Waals surface area contributed by atoms with E-state index in [4.69, 9.17) is 4.98 Å². The van der Waals surface area contributed by atoms with Crippen molar-refractivity contribution in [2.24, 2.45) is 0 Å². The Morgan fingerprint density at radius 3 is 2.45 bits per heavy atom. The summed E-state index contributed by atoms with van der Waals surface area (Å²) in [6.45, 7) is 8.22. The average Bonchev–Trinajstić information content (AvgIpc) is 2.77. The van der Waals surface area contributed by atoms with Gasteiger partial charge in [-0.2, -0.15) is 4.52 Å². The van der Waals surface area contributed by atoms with Gasteiger partial charge in [0.05, 0.1) is 30.8 Å². The zero-order valence-corrected chi connectivity index (χ0v) is 19.6. The normalized spacial score (nSPS) is 12.6. The van der Waals surface area contributed by atoms with Gasteiger partial charge in [0.2, 0.25) is 0 Å². The van der Waals surface area contributed by atoms with Crippen molar-refractivity contribution in [2.75, 3.05) is 7.11 Å². The van der Waals surface area contributed by atoms with E-state index in [9.17, 15) is 18.9 Å². The number of nitrogens with zero attached hydrogens (tertiary/aromatic N) is 1. The molecule has 2 unspecified atom stereocenters. The zero-order chi connectivity index (χ0) is 24.1. The first-order valence-corrected chi connectivity index (χ1v) is 11.6. The second-order valence-corrected chi connectivity index (χ2v) is 8.96. The highest BCUT2D eigenvalue weighted by Gasteiger charge is 2.27. The molecule has 0 amide bonds. The van der Waals surface area contributed by atoms with Crippen molar-refractivity contribution in [1.82, 2.24) is 4.98 Å². The lowest BCUT2D eigenvalue weighted by atomic mass is 9.85. The number of rotatable bonds is 9. The maximum absolute atomic E-state index is 13.7. The highest BCUT2D eigenvalue weighted by atomic mass is 31.1. The van der Waals surface area contributed by atoms with Crippen LogP contribution in [0, 0.1) is 5.82 Å². The van der Waals surface area contributed by atoms with Crippen LogP contribution in [0.15, 0.2) is 55.1 Å². The van der Waals surface area contributed by atoms with Crippen LogP contribution in [0.5, 0.6) is 0 Å². The van der Waals surface area contributed by atoms with Crippen LogP contribution in [0.4, 0.5) is 4.39 Å². The maximum Gasteiger partial charge on any atom is 0.752 e. The number of para-hydroxylation sites is 1. The molecule has 2 aromatic carbocycles. The first kappa shape index (κ1) is 24.6. The molecule has 0 spiro atoms. The molecule has 0 saturated carbocycles. The second kappa shape index (κ2) is 10.8. The van der Waals surface area contributed by atoms with Gasteiger partial charge in [0, 0.05) is 21.1 Å². The Bertz CT molecular complexity index is 1190. The number of halogens is 1. The first-order valence-electron chi connectivity index (χ1n) is 10.5. The molecule has 33 heavy (non-hydrogen) atoms. The highest BCUT2D eigenvalue weighted by Crippen LogP contribution is 2.40. The number of hydrogen-bond donors (Lipinski definition) is 1. The van der Waals surface area contributed by atoms with Crippen molar-refractivity contribution in [3.8, 4) is 11.1 Å². The zero-order valence-electron chi connectivity index (χ0n) is 18.7. The van der Waals surface area contributed by atoms with E-state index in [0.717, 1.165) is 40.4 Å². The number of aliphatic hydroxyl groups is 1. The molecule has 1 heterocycles. The van der Waals surface area contributed by atoms with Gasteiger partial charge in [-0.15, -0.1) is 4.52 Å². The third-order valence-corrected chi connectivity index (χ3v) is 5.81. The molecule has 2 atom stereocenters. The Balaban J connectivity index is 2.06. The van der Waals surface area contributed by atoms with E-state index in [1.54, 1.807) is 12.1 Å². The summed E-state index contributed by atoms with van der Waals surface area (Å²) >= 11 is 0. The topological polar surface area (TPSA) is 85.7 Å². The van der Waals surface area contributed by atoms with E-state index in [2.05, 4.69) is 15.6 Å².